The Morgan fingerprint density at radius 2 is 1.95 bits per heavy atom. The summed E-state index contributed by atoms with van der Waals surface area (Å²) in [6.07, 6.45) is 0. The Hall–Kier alpha value is -2.00. The number of benzene rings is 2. The summed E-state index contributed by atoms with van der Waals surface area (Å²) in [6, 6.07) is 11.9. The third-order valence-electron chi connectivity index (χ3n) is 3.29. The highest BCUT2D eigenvalue weighted by atomic mass is 35.5. The summed E-state index contributed by atoms with van der Waals surface area (Å²) in [5, 5.41) is 0.556. The van der Waals surface area contributed by atoms with Gasteiger partial charge in [0.2, 0.25) is 0 Å². The highest BCUT2D eigenvalue weighted by molar-refractivity contribution is 6.33. The lowest BCUT2D eigenvalue weighted by molar-refractivity contribution is 0.959. The van der Waals surface area contributed by atoms with Crippen molar-refractivity contribution >= 4 is 28.3 Å². The number of nitrogen functional groups attached to an aromatic ring is 1. The van der Waals surface area contributed by atoms with Crippen molar-refractivity contribution in [1.82, 2.24) is 9.55 Å². The third kappa shape index (κ3) is 1.96. The van der Waals surface area contributed by atoms with Gasteiger partial charge in [-0.05, 0) is 42.8 Å². The molecule has 0 spiro atoms. The van der Waals surface area contributed by atoms with Crippen LogP contribution in [0.15, 0.2) is 36.4 Å². The topological polar surface area (TPSA) is 43.8 Å². The molecule has 2 aromatic carbocycles. The van der Waals surface area contributed by atoms with Crippen LogP contribution in [0.5, 0.6) is 0 Å². The average molecular weight is 272 g/mol. The van der Waals surface area contributed by atoms with Crippen LogP contribution in [0.25, 0.3) is 22.4 Å². The monoisotopic (exact) mass is 271 g/mol. The van der Waals surface area contributed by atoms with Crippen molar-refractivity contribution in [2.45, 2.75) is 6.92 Å². The highest BCUT2D eigenvalue weighted by Crippen LogP contribution is 2.28. The van der Waals surface area contributed by atoms with E-state index in [1.807, 2.05) is 25.2 Å². The maximum Gasteiger partial charge on any atom is 0.140 e. The molecule has 0 amide bonds. The Balaban J connectivity index is 2.24. The molecule has 1 heterocycles. The van der Waals surface area contributed by atoms with Crippen molar-refractivity contribution < 1.29 is 0 Å². The van der Waals surface area contributed by atoms with Crippen molar-refractivity contribution in [1.29, 1.82) is 0 Å². The lowest BCUT2D eigenvalue weighted by Crippen LogP contribution is -1.93. The zero-order chi connectivity index (χ0) is 13.6. The first-order valence-corrected chi connectivity index (χ1v) is 6.42. The Morgan fingerprint density at radius 1 is 1.16 bits per heavy atom. The summed E-state index contributed by atoms with van der Waals surface area (Å²) in [4.78, 5) is 4.68. The number of imidazole rings is 1. The fraction of sp³-hybridized carbons (Fsp3) is 0.133. The summed E-state index contributed by atoms with van der Waals surface area (Å²) in [5.41, 5.74) is 10.6. The Labute approximate surface area is 116 Å². The molecule has 0 fully saturated rings. The zero-order valence-electron chi connectivity index (χ0n) is 10.8. The molecule has 0 aliphatic carbocycles. The van der Waals surface area contributed by atoms with Crippen molar-refractivity contribution in [2.24, 2.45) is 7.05 Å². The fourth-order valence-electron chi connectivity index (χ4n) is 2.23. The van der Waals surface area contributed by atoms with E-state index in [1.165, 1.54) is 5.56 Å². The van der Waals surface area contributed by atoms with E-state index in [1.54, 1.807) is 0 Å². The molecule has 3 nitrogen and oxygen atoms in total. The maximum absolute atomic E-state index is 6.08. The van der Waals surface area contributed by atoms with Crippen LogP contribution in [0.1, 0.15) is 5.56 Å². The molecule has 2 N–H and O–H groups in total. The largest absolute Gasteiger partial charge is 0.398 e. The summed E-state index contributed by atoms with van der Waals surface area (Å²) in [6.45, 7) is 2.06. The van der Waals surface area contributed by atoms with Crippen molar-refractivity contribution in [2.75, 3.05) is 5.73 Å². The van der Waals surface area contributed by atoms with Gasteiger partial charge in [0, 0.05) is 12.6 Å². The number of fused-ring (bicyclic) bond motifs is 1. The summed E-state index contributed by atoms with van der Waals surface area (Å²) in [7, 11) is 2.00. The van der Waals surface area contributed by atoms with Gasteiger partial charge in [0.25, 0.3) is 0 Å². The molecule has 96 valence electrons. The van der Waals surface area contributed by atoms with Gasteiger partial charge in [0.1, 0.15) is 5.82 Å². The minimum absolute atomic E-state index is 0.556. The molecule has 19 heavy (non-hydrogen) atoms. The van der Waals surface area contributed by atoms with E-state index in [4.69, 9.17) is 17.3 Å². The normalized spacial score (nSPS) is 11.1. The maximum atomic E-state index is 6.08. The smallest absolute Gasteiger partial charge is 0.140 e. The Morgan fingerprint density at radius 3 is 2.68 bits per heavy atom. The van der Waals surface area contributed by atoms with E-state index in [-0.39, 0.29) is 0 Å². The number of anilines is 1. The molecule has 3 aromatic rings. The zero-order valence-corrected chi connectivity index (χ0v) is 11.6. The van der Waals surface area contributed by atoms with Crippen LogP contribution in [0.4, 0.5) is 5.69 Å². The first kappa shape index (κ1) is 12.1. The number of aryl methyl sites for hydroxylation is 2. The lowest BCUT2D eigenvalue weighted by Gasteiger charge is -2.04. The van der Waals surface area contributed by atoms with E-state index < -0.39 is 0 Å². The van der Waals surface area contributed by atoms with E-state index in [0.29, 0.717) is 10.7 Å². The molecule has 0 unspecified atom stereocenters. The predicted molar refractivity (Wildman–Crippen MR) is 80.3 cm³/mol. The molecule has 0 saturated heterocycles. The first-order chi connectivity index (χ1) is 9.06. The molecule has 3 rings (SSSR count). The van der Waals surface area contributed by atoms with E-state index in [2.05, 4.69) is 34.7 Å². The Kier molecular flexibility index (Phi) is 2.72. The number of hydrogen-bond donors (Lipinski definition) is 1. The van der Waals surface area contributed by atoms with Gasteiger partial charge in [0.15, 0.2) is 0 Å². The minimum Gasteiger partial charge on any atom is -0.398 e. The summed E-state index contributed by atoms with van der Waals surface area (Å²) < 4.78 is 2.07. The van der Waals surface area contributed by atoms with Crippen LogP contribution in [-0.4, -0.2) is 9.55 Å². The second-order valence-corrected chi connectivity index (χ2v) is 5.13. The molecule has 0 radical (unpaired) electrons. The number of nitrogens with zero attached hydrogens (tertiary/aromatic N) is 2. The number of rotatable bonds is 1. The number of nitrogens with two attached hydrogens (primary N) is 1. The Bertz CT molecular complexity index is 774. The van der Waals surface area contributed by atoms with E-state index in [0.717, 1.165) is 22.4 Å². The van der Waals surface area contributed by atoms with Gasteiger partial charge in [-0.25, -0.2) is 4.98 Å². The quantitative estimate of drug-likeness (QED) is 0.685. The average Bonchev–Trinajstić information content (AvgIpc) is 2.70. The molecular weight excluding hydrogens is 258 g/mol. The summed E-state index contributed by atoms with van der Waals surface area (Å²) >= 11 is 6.08. The second-order valence-electron chi connectivity index (χ2n) is 4.72. The van der Waals surface area contributed by atoms with Crippen molar-refractivity contribution in [3.63, 3.8) is 0 Å². The van der Waals surface area contributed by atoms with Crippen LogP contribution in [0.2, 0.25) is 5.02 Å². The van der Waals surface area contributed by atoms with Gasteiger partial charge >= 0.3 is 0 Å². The van der Waals surface area contributed by atoms with Crippen LogP contribution < -0.4 is 5.73 Å². The molecule has 0 aliphatic heterocycles. The van der Waals surface area contributed by atoms with Crippen LogP contribution in [0, 0.1) is 6.92 Å². The highest BCUT2D eigenvalue weighted by Gasteiger charge is 2.10. The van der Waals surface area contributed by atoms with Gasteiger partial charge < -0.3 is 10.3 Å². The molecule has 0 aliphatic rings. The third-order valence-corrected chi connectivity index (χ3v) is 3.62. The number of halogens is 1. The fourth-order valence-corrected chi connectivity index (χ4v) is 2.41. The lowest BCUT2D eigenvalue weighted by atomic mass is 10.2. The molecule has 0 atom stereocenters. The first-order valence-electron chi connectivity index (χ1n) is 6.05. The number of hydrogen-bond acceptors (Lipinski definition) is 2. The minimum atomic E-state index is 0.556. The molecular formula is C15H14ClN3. The van der Waals surface area contributed by atoms with E-state index in [9.17, 15) is 0 Å². The van der Waals surface area contributed by atoms with Crippen LogP contribution in [-0.2, 0) is 7.05 Å². The molecule has 4 heteroatoms. The summed E-state index contributed by atoms with van der Waals surface area (Å²) in [5.74, 6) is 0.891. The predicted octanol–water partition coefficient (Wildman–Crippen LogP) is 3.78. The second kappa shape index (κ2) is 4.28. The van der Waals surface area contributed by atoms with Gasteiger partial charge in [0.05, 0.1) is 21.7 Å². The molecule has 0 saturated carbocycles. The number of aromatic nitrogens is 2. The van der Waals surface area contributed by atoms with Gasteiger partial charge in [-0.3, -0.25) is 0 Å². The van der Waals surface area contributed by atoms with Crippen LogP contribution >= 0.6 is 11.6 Å². The van der Waals surface area contributed by atoms with Crippen molar-refractivity contribution in [3.8, 4) is 11.4 Å². The van der Waals surface area contributed by atoms with Gasteiger partial charge in [-0.1, -0.05) is 17.7 Å². The standard InChI is InChI=1S/C15H14ClN3/c1-9-3-6-14-13(7-9)18-15(19(14)2)10-4-5-12(17)11(16)8-10/h3-8H,17H2,1-2H3. The molecule has 1 aromatic heterocycles. The molecule has 0 bridgehead atoms. The SMILES string of the molecule is Cc1ccc2c(c1)nc(-c1ccc(N)c(Cl)c1)n2C. The van der Waals surface area contributed by atoms with Crippen molar-refractivity contribution in [3.05, 3.63) is 47.0 Å². The van der Waals surface area contributed by atoms with Gasteiger partial charge in [-0.2, -0.15) is 0 Å². The van der Waals surface area contributed by atoms with Crippen LogP contribution in [0.3, 0.4) is 0 Å². The van der Waals surface area contributed by atoms with Gasteiger partial charge in [-0.15, -0.1) is 0 Å². The van der Waals surface area contributed by atoms with E-state index >= 15 is 0 Å².